The molecule has 0 radical (unpaired) electrons. The zero-order chi connectivity index (χ0) is 19.5. The quantitative estimate of drug-likeness (QED) is 0.658. The minimum atomic E-state index is -0.117. The number of aromatic amines is 1. The van der Waals surface area contributed by atoms with Crippen LogP contribution in [-0.2, 0) is 11.2 Å². The van der Waals surface area contributed by atoms with Gasteiger partial charge in [0.1, 0.15) is 11.8 Å². The van der Waals surface area contributed by atoms with E-state index in [-0.39, 0.29) is 23.2 Å². The average Bonchev–Trinajstić information content (AvgIpc) is 3.39. The van der Waals surface area contributed by atoms with Gasteiger partial charge in [-0.05, 0) is 37.8 Å². The molecule has 3 aromatic heterocycles. The maximum Gasteiger partial charge on any atom is 0.272 e. The van der Waals surface area contributed by atoms with Crippen LogP contribution >= 0.6 is 0 Å². The van der Waals surface area contributed by atoms with Crippen LogP contribution in [-0.4, -0.2) is 44.2 Å². The molecule has 0 bridgehead atoms. The van der Waals surface area contributed by atoms with Gasteiger partial charge in [-0.3, -0.25) is 14.4 Å². The molecule has 3 aromatic rings. The number of hydrogen-bond acceptors (Lipinski definition) is 5. The molecule has 4 rings (SSSR count). The molecule has 1 saturated heterocycles. The van der Waals surface area contributed by atoms with Crippen molar-refractivity contribution in [2.45, 2.75) is 32.1 Å². The number of fused-ring (bicyclic) bond motifs is 1. The zero-order valence-corrected chi connectivity index (χ0v) is 15.5. The first-order valence-electron chi connectivity index (χ1n) is 9.52. The molecule has 1 amide bonds. The molecule has 146 valence electrons. The number of likely N-dealkylation sites (tertiary alicyclic amines) is 1. The minimum Gasteiger partial charge on any atom is -0.364 e. The highest BCUT2D eigenvalue weighted by atomic mass is 16.5. The Bertz CT molecular complexity index is 1030. The summed E-state index contributed by atoms with van der Waals surface area (Å²) in [4.78, 5) is 41.5. The number of hydrogen-bond donors (Lipinski definition) is 1. The molecule has 0 atom stereocenters. The normalized spacial score (nSPS) is 15.2. The van der Waals surface area contributed by atoms with E-state index in [2.05, 4.69) is 10.1 Å². The van der Waals surface area contributed by atoms with Crippen LogP contribution in [0.5, 0.6) is 0 Å². The van der Waals surface area contributed by atoms with Crippen molar-refractivity contribution >= 4 is 17.2 Å². The predicted molar refractivity (Wildman–Crippen MR) is 101 cm³/mol. The highest BCUT2D eigenvalue weighted by molar-refractivity contribution is 5.97. The van der Waals surface area contributed by atoms with Gasteiger partial charge < -0.3 is 18.8 Å². The fraction of sp³-hybridized carbons (Fsp3) is 0.400. The largest absolute Gasteiger partial charge is 0.364 e. The first-order chi connectivity index (χ1) is 13.6. The lowest BCUT2D eigenvalue weighted by Crippen LogP contribution is -2.40. The van der Waals surface area contributed by atoms with Gasteiger partial charge in [-0.1, -0.05) is 5.16 Å². The third-order valence-electron chi connectivity index (χ3n) is 5.35. The Morgan fingerprint density at radius 3 is 2.86 bits per heavy atom. The smallest absolute Gasteiger partial charge is 0.272 e. The van der Waals surface area contributed by atoms with Crippen LogP contribution in [0.2, 0.25) is 0 Å². The number of amides is 1. The van der Waals surface area contributed by atoms with E-state index in [1.54, 1.807) is 10.5 Å². The summed E-state index contributed by atoms with van der Waals surface area (Å²) in [5.74, 6) is 0.0554. The van der Waals surface area contributed by atoms with Gasteiger partial charge in [0.25, 0.3) is 5.56 Å². The predicted octanol–water partition coefficient (Wildman–Crippen LogP) is 2.06. The second kappa shape index (κ2) is 7.84. The van der Waals surface area contributed by atoms with E-state index in [4.69, 9.17) is 4.52 Å². The Kier molecular flexibility index (Phi) is 5.10. The fourth-order valence-corrected chi connectivity index (χ4v) is 3.78. The number of piperidine rings is 1. The van der Waals surface area contributed by atoms with Gasteiger partial charge in [0.15, 0.2) is 5.78 Å². The van der Waals surface area contributed by atoms with Crippen LogP contribution in [0.15, 0.2) is 46.3 Å². The number of H-pyrrole nitrogens is 1. The van der Waals surface area contributed by atoms with Crippen molar-refractivity contribution in [1.29, 1.82) is 0 Å². The Hall–Kier alpha value is -3.16. The van der Waals surface area contributed by atoms with Gasteiger partial charge in [-0.2, -0.15) is 0 Å². The molecule has 4 heterocycles. The molecule has 1 N–H and O–H groups in total. The van der Waals surface area contributed by atoms with Crippen LogP contribution in [0.1, 0.15) is 41.7 Å². The maximum absolute atomic E-state index is 12.5. The van der Waals surface area contributed by atoms with E-state index in [1.807, 2.05) is 23.4 Å². The van der Waals surface area contributed by atoms with Gasteiger partial charge in [-0.15, -0.1) is 0 Å². The van der Waals surface area contributed by atoms with Crippen molar-refractivity contribution in [2.24, 2.45) is 5.92 Å². The van der Waals surface area contributed by atoms with E-state index in [1.165, 1.54) is 12.5 Å². The van der Waals surface area contributed by atoms with E-state index in [0.29, 0.717) is 56.3 Å². The Morgan fingerprint density at radius 2 is 2.11 bits per heavy atom. The first kappa shape index (κ1) is 18.2. The summed E-state index contributed by atoms with van der Waals surface area (Å²) in [6, 6.07) is 3.60. The summed E-state index contributed by atoms with van der Waals surface area (Å²) in [6.07, 6.45) is 9.59. The number of carbonyl (C=O) groups excluding carboxylic acids is 2. The van der Waals surface area contributed by atoms with Crippen LogP contribution in [0.25, 0.3) is 5.52 Å². The van der Waals surface area contributed by atoms with E-state index in [0.717, 1.165) is 5.69 Å². The molecule has 0 spiro atoms. The molecule has 0 unspecified atom stereocenters. The summed E-state index contributed by atoms with van der Waals surface area (Å²) in [5, 5.41) is 3.58. The molecular weight excluding hydrogens is 360 g/mol. The second-order valence-corrected chi connectivity index (χ2v) is 7.20. The molecule has 0 aliphatic carbocycles. The number of nitrogens with zero attached hydrogens (tertiary/aromatic N) is 3. The van der Waals surface area contributed by atoms with Crippen molar-refractivity contribution in [2.75, 3.05) is 13.1 Å². The number of ketones is 1. The SMILES string of the molecule is O=C(c1cnoc1)C1CCN(C(=O)CCCc2cn3cccc3c(=O)[nH]2)CC1. The van der Waals surface area contributed by atoms with Crippen LogP contribution in [0.3, 0.4) is 0 Å². The van der Waals surface area contributed by atoms with Crippen molar-refractivity contribution in [3.05, 3.63) is 58.6 Å². The van der Waals surface area contributed by atoms with Crippen molar-refractivity contribution in [3.63, 3.8) is 0 Å². The summed E-state index contributed by atoms with van der Waals surface area (Å²) in [7, 11) is 0. The summed E-state index contributed by atoms with van der Waals surface area (Å²) in [5.41, 5.74) is 1.81. The summed E-state index contributed by atoms with van der Waals surface area (Å²) in [6.45, 7) is 1.18. The number of aromatic nitrogens is 3. The van der Waals surface area contributed by atoms with Crippen LogP contribution in [0, 0.1) is 5.92 Å². The van der Waals surface area contributed by atoms with Gasteiger partial charge in [0.2, 0.25) is 5.91 Å². The topological polar surface area (TPSA) is 101 Å². The Balaban J connectivity index is 1.25. The maximum atomic E-state index is 12.5. The summed E-state index contributed by atoms with van der Waals surface area (Å²) < 4.78 is 6.53. The Labute approximate surface area is 161 Å². The number of rotatable bonds is 6. The summed E-state index contributed by atoms with van der Waals surface area (Å²) >= 11 is 0. The number of aryl methyl sites for hydroxylation is 1. The van der Waals surface area contributed by atoms with Gasteiger partial charge >= 0.3 is 0 Å². The molecule has 1 fully saturated rings. The van der Waals surface area contributed by atoms with E-state index in [9.17, 15) is 14.4 Å². The second-order valence-electron chi connectivity index (χ2n) is 7.20. The number of carbonyl (C=O) groups is 2. The Morgan fingerprint density at radius 1 is 1.29 bits per heavy atom. The molecule has 28 heavy (non-hydrogen) atoms. The highest BCUT2D eigenvalue weighted by Crippen LogP contribution is 2.22. The first-order valence-corrected chi connectivity index (χ1v) is 9.52. The average molecular weight is 382 g/mol. The third kappa shape index (κ3) is 3.76. The standard InChI is InChI=1S/C20H22N4O4/c25-18(5-1-3-16-12-24-8-2-4-17(24)20(27)22-16)23-9-6-14(7-10-23)19(26)15-11-21-28-13-15/h2,4,8,11-14H,1,3,5-7,9-10H2,(H,22,27). The molecule has 1 aliphatic heterocycles. The third-order valence-corrected chi connectivity index (χ3v) is 5.35. The minimum absolute atomic E-state index is 0.0395. The van der Waals surface area contributed by atoms with Gasteiger partial charge in [0.05, 0.1) is 11.8 Å². The zero-order valence-electron chi connectivity index (χ0n) is 15.5. The molecule has 8 heteroatoms. The monoisotopic (exact) mass is 382 g/mol. The van der Waals surface area contributed by atoms with Crippen molar-refractivity contribution in [3.8, 4) is 0 Å². The van der Waals surface area contributed by atoms with Crippen LogP contribution < -0.4 is 5.56 Å². The van der Waals surface area contributed by atoms with Gasteiger partial charge in [-0.25, -0.2) is 0 Å². The number of nitrogens with one attached hydrogen (secondary N) is 1. The van der Waals surface area contributed by atoms with E-state index >= 15 is 0 Å². The number of Topliss-reactive ketones (excluding diaryl/α,β-unsaturated/α-hetero) is 1. The fourth-order valence-electron chi connectivity index (χ4n) is 3.78. The van der Waals surface area contributed by atoms with Gasteiger partial charge in [0, 0.05) is 43.5 Å². The molecule has 0 saturated carbocycles. The molecule has 8 nitrogen and oxygen atoms in total. The lowest BCUT2D eigenvalue weighted by Gasteiger charge is -2.31. The molecular formula is C20H22N4O4. The van der Waals surface area contributed by atoms with Crippen LogP contribution in [0.4, 0.5) is 0 Å². The van der Waals surface area contributed by atoms with Crippen molar-refractivity contribution < 1.29 is 14.1 Å². The lowest BCUT2D eigenvalue weighted by molar-refractivity contribution is -0.132. The molecule has 0 aromatic carbocycles. The lowest BCUT2D eigenvalue weighted by atomic mass is 9.90. The molecule has 1 aliphatic rings. The van der Waals surface area contributed by atoms with Crippen molar-refractivity contribution in [1.82, 2.24) is 19.4 Å². The highest BCUT2D eigenvalue weighted by Gasteiger charge is 2.28. The van der Waals surface area contributed by atoms with E-state index < -0.39 is 0 Å².